The van der Waals surface area contributed by atoms with Crippen LogP contribution in [0, 0.1) is 17.1 Å². The van der Waals surface area contributed by atoms with Crippen molar-refractivity contribution < 1.29 is 23.5 Å². The van der Waals surface area contributed by atoms with Crippen molar-refractivity contribution in [2.45, 2.75) is 70.1 Å². The average Bonchev–Trinajstić information content (AvgIpc) is 3.80. The van der Waals surface area contributed by atoms with E-state index in [2.05, 4.69) is 16.0 Å². The van der Waals surface area contributed by atoms with Gasteiger partial charge in [-0.25, -0.2) is 4.39 Å². The third-order valence-electron chi connectivity index (χ3n) is 7.99. The summed E-state index contributed by atoms with van der Waals surface area (Å²) >= 11 is 0. The van der Waals surface area contributed by atoms with Crippen LogP contribution in [0.2, 0.25) is 0 Å². The molecule has 10 nitrogen and oxygen atoms in total. The first-order chi connectivity index (χ1) is 20.0. The highest BCUT2D eigenvalue weighted by Crippen LogP contribution is 2.33. The number of carbonyl (C=O) groups is 3. The molecule has 0 unspecified atom stereocenters. The molecule has 2 aromatic carbocycles. The van der Waals surface area contributed by atoms with E-state index in [0.29, 0.717) is 30.7 Å². The van der Waals surface area contributed by atoms with Crippen LogP contribution in [0.5, 0.6) is 5.75 Å². The molecule has 2 aromatic rings. The Morgan fingerprint density at radius 1 is 1.05 bits per heavy atom. The molecule has 6 N–H and O–H groups in total. The molecule has 11 heteroatoms. The first kappa shape index (κ1) is 31.0. The van der Waals surface area contributed by atoms with Gasteiger partial charge in [0.25, 0.3) is 0 Å². The second-order valence-corrected chi connectivity index (χ2v) is 11.3. The normalized spacial score (nSPS) is 24.9. The third kappa shape index (κ3) is 8.06. The summed E-state index contributed by atoms with van der Waals surface area (Å²) in [5, 5.41) is 16.8. The monoisotopic (exact) mass is 580 g/mol. The van der Waals surface area contributed by atoms with Gasteiger partial charge >= 0.3 is 0 Å². The number of benzene rings is 2. The summed E-state index contributed by atoms with van der Waals surface area (Å²) in [7, 11) is 1.59. The molecule has 226 valence electrons. The molecule has 42 heavy (non-hydrogen) atoms. The highest BCUT2D eigenvalue weighted by molar-refractivity contribution is 5.95. The number of nitrogens with zero attached hydrogens (tertiary/aromatic N) is 1. The van der Waals surface area contributed by atoms with Crippen LogP contribution >= 0.6 is 0 Å². The van der Waals surface area contributed by atoms with E-state index in [1.807, 2.05) is 6.92 Å². The van der Waals surface area contributed by atoms with Crippen LogP contribution in [0.3, 0.4) is 0 Å². The summed E-state index contributed by atoms with van der Waals surface area (Å²) in [6.45, 7) is 4.14. The second-order valence-electron chi connectivity index (χ2n) is 11.3. The highest BCUT2D eigenvalue weighted by Gasteiger charge is 2.39. The molecular weight excluding hydrogens is 539 g/mol. The molecule has 1 aliphatic carbocycles. The summed E-state index contributed by atoms with van der Waals surface area (Å²) in [4.78, 5) is 41.8. The predicted octanol–water partition coefficient (Wildman–Crippen LogP) is 1.88. The molecule has 4 atom stereocenters. The number of likely N-dealkylation sites (N-methyl/N-ethyl adjacent to an activating group) is 1. The molecule has 0 saturated heterocycles. The molecule has 0 radical (unpaired) electrons. The molecule has 1 aliphatic heterocycles. The zero-order valence-corrected chi connectivity index (χ0v) is 24.4. The number of amidine groups is 1. The number of halogens is 1. The van der Waals surface area contributed by atoms with E-state index in [0.717, 1.165) is 24.0 Å². The lowest BCUT2D eigenvalue weighted by Crippen LogP contribution is -2.57. The van der Waals surface area contributed by atoms with Crippen molar-refractivity contribution in [3.8, 4) is 5.75 Å². The zero-order valence-electron chi connectivity index (χ0n) is 24.4. The van der Waals surface area contributed by atoms with Crippen LogP contribution in [0.25, 0.3) is 0 Å². The van der Waals surface area contributed by atoms with Crippen molar-refractivity contribution in [3.05, 3.63) is 65.0 Å². The smallest absolute Gasteiger partial charge is 0.243 e. The Labute approximate surface area is 246 Å². The van der Waals surface area contributed by atoms with Crippen molar-refractivity contribution >= 4 is 23.6 Å². The molecule has 1 fully saturated rings. The third-order valence-corrected chi connectivity index (χ3v) is 7.99. The molecule has 1 saturated carbocycles. The SMILES string of the molecule is C[C@@H]1CCc2ccc(F)cc2OCCN[C@@H](C2CC2)C(=O)N(C)[C@H](C)C(=O)N[C@H](Cc2ccc(C(=N)N)cc2)C(=O)N1. The molecule has 1 heterocycles. The van der Waals surface area contributed by atoms with Crippen molar-refractivity contribution in [1.82, 2.24) is 20.9 Å². The van der Waals surface area contributed by atoms with Crippen molar-refractivity contribution in [2.24, 2.45) is 11.7 Å². The zero-order chi connectivity index (χ0) is 30.4. The molecule has 4 rings (SSSR count). The van der Waals surface area contributed by atoms with E-state index in [4.69, 9.17) is 15.9 Å². The molecule has 0 aromatic heterocycles. The first-order valence-electron chi connectivity index (χ1n) is 14.5. The number of rotatable bonds is 4. The maximum Gasteiger partial charge on any atom is 0.243 e. The van der Waals surface area contributed by atoms with E-state index >= 15 is 0 Å². The fraction of sp³-hybridized carbons (Fsp3) is 0.484. The molecule has 3 amide bonds. The Hall–Kier alpha value is -3.99. The van der Waals surface area contributed by atoms with Crippen LogP contribution in [-0.4, -0.2) is 72.8 Å². The Balaban J connectivity index is 1.59. The topological polar surface area (TPSA) is 150 Å². The Morgan fingerprint density at radius 3 is 2.43 bits per heavy atom. The highest BCUT2D eigenvalue weighted by atomic mass is 19.1. The van der Waals surface area contributed by atoms with Gasteiger partial charge in [-0.3, -0.25) is 19.8 Å². The van der Waals surface area contributed by atoms with E-state index in [-0.39, 0.29) is 42.6 Å². The fourth-order valence-electron chi connectivity index (χ4n) is 5.06. The summed E-state index contributed by atoms with van der Waals surface area (Å²) < 4.78 is 20.0. The maximum atomic E-state index is 14.1. The predicted molar refractivity (Wildman–Crippen MR) is 158 cm³/mol. The molecular formula is C31H41FN6O4. The number of fused-ring (bicyclic) bond motifs is 1. The maximum absolute atomic E-state index is 14.1. The number of hydrogen-bond donors (Lipinski definition) is 5. The van der Waals surface area contributed by atoms with E-state index < -0.39 is 29.8 Å². The van der Waals surface area contributed by atoms with Crippen LogP contribution in [0.15, 0.2) is 42.5 Å². The molecule has 0 spiro atoms. The van der Waals surface area contributed by atoms with Crippen molar-refractivity contribution in [3.63, 3.8) is 0 Å². The lowest BCUT2D eigenvalue weighted by Gasteiger charge is -2.30. The average molecular weight is 581 g/mol. The quantitative estimate of drug-likeness (QED) is 0.275. The number of nitrogen functional groups attached to an aromatic ring is 1. The minimum atomic E-state index is -0.907. The number of amides is 3. The fourth-order valence-corrected chi connectivity index (χ4v) is 5.06. The summed E-state index contributed by atoms with van der Waals surface area (Å²) in [6.07, 6.45) is 3.14. The number of carbonyl (C=O) groups excluding carboxylic acids is 3. The molecule has 2 aliphatic rings. The van der Waals surface area contributed by atoms with Gasteiger partial charge in [0.05, 0.1) is 6.04 Å². The Morgan fingerprint density at radius 2 is 1.76 bits per heavy atom. The van der Waals surface area contributed by atoms with Crippen molar-refractivity contribution in [2.75, 3.05) is 20.2 Å². The van der Waals surface area contributed by atoms with Gasteiger partial charge in [-0.1, -0.05) is 30.3 Å². The van der Waals surface area contributed by atoms with Crippen LogP contribution in [-0.2, 0) is 27.2 Å². The number of nitrogens with one attached hydrogen (secondary N) is 4. The number of aryl methyl sites for hydroxylation is 1. The van der Waals surface area contributed by atoms with E-state index in [9.17, 15) is 18.8 Å². The standard InChI is InChI=1S/C31H41FN6O4/c1-18-4-7-21-12-13-24(32)17-26(21)42-15-14-35-27(22-10-11-22)31(41)38(3)19(2)29(39)37-25(30(40)36-18)16-20-5-8-23(9-6-20)28(33)34/h5-6,8-9,12-13,17-19,22,25,27,35H,4,7,10-11,14-16H2,1-3H3,(H3,33,34)(H,36,40)(H,37,39)/t18-,19-,25-,27+/m1/s1. The van der Waals surface area contributed by atoms with Gasteiger partial charge in [-0.2, -0.15) is 0 Å². The molecule has 0 bridgehead atoms. The van der Waals surface area contributed by atoms with Crippen molar-refractivity contribution in [1.29, 1.82) is 5.41 Å². The largest absolute Gasteiger partial charge is 0.492 e. The van der Waals surface area contributed by atoms with Gasteiger partial charge < -0.3 is 31.3 Å². The van der Waals surface area contributed by atoms with Gasteiger partial charge in [0.2, 0.25) is 17.7 Å². The number of ether oxygens (including phenoxy) is 1. The summed E-state index contributed by atoms with van der Waals surface area (Å²) in [5.41, 5.74) is 7.72. The van der Waals surface area contributed by atoms with Gasteiger partial charge in [0.15, 0.2) is 0 Å². The lowest BCUT2D eigenvalue weighted by molar-refractivity contribution is -0.141. The van der Waals surface area contributed by atoms with Gasteiger partial charge in [0.1, 0.15) is 36.1 Å². The number of nitrogens with two attached hydrogens (primary N) is 1. The summed E-state index contributed by atoms with van der Waals surface area (Å²) in [6, 6.07) is 8.91. The van der Waals surface area contributed by atoms with E-state index in [1.165, 1.54) is 17.0 Å². The van der Waals surface area contributed by atoms with E-state index in [1.54, 1.807) is 44.3 Å². The van der Waals surface area contributed by atoms with Gasteiger partial charge in [-0.05, 0) is 62.6 Å². The van der Waals surface area contributed by atoms with Gasteiger partial charge in [0, 0.05) is 37.7 Å². The second kappa shape index (κ2) is 13.8. The Bertz CT molecular complexity index is 1300. The summed E-state index contributed by atoms with van der Waals surface area (Å²) in [5.74, 6) is -0.855. The van der Waals surface area contributed by atoms with Gasteiger partial charge in [-0.15, -0.1) is 0 Å². The Kier molecular flexibility index (Phi) is 10.2. The lowest BCUT2D eigenvalue weighted by atomic mass is 10.0. The van der Waals surface area contributed by atoms with Crippen LogP contribution in [0.1, 0.15) is 49.8 Å². The first-order valence-corrected chi connectivity index (χ1v) is 14.5. The van der Waals surface area contributed by atoms with Crippen LogP contribution in [0.4, 0.5) is 4.39 Å². The van der Waals surface area contributed by atoms with Crippen LogP contribution < -0.4 is 26.4 Å². The minimum Gasteiger partial charge on any atom is -0.492 e. The number of hydrogen-bond acceptors (Lipinski definition) is 6. The minimum absolute atomic E-state index is 0.0622.